The molecule has 1 heterocycles. The van der Waals surface area contributed by atoms with Crippen molar-refractivity contribution >= 4 is 45.0 Å². The number of hydrogen-bond donors (Lipinski definition) is 0. The lowest BCUT2D eigenvalue weighted by atomic mass is 10.1. The highest BCUT2D eigenvalue weighted by Gasteiger charge is 2.25. The first-order chi connectivity index (χ1) is 16.3. The van der Waals surface area contributed by atoms with Crippen molar-refractivity contribution < 1.29 is 19.0 Å². The van der Waals surface area contributed by atoms with Crippen molar-refractivity contribution in [2.24, 2.45) is 0 Å². The van der Waals surface area contributed by atoms with E-state index < -0.39 is 0 Å². The van der Waals surface area contributed by atoms with Crippen LogP contribution in [0.15, 0.2) is 24.3 Å². The first kappa shape index (κ1) is 28.7. The molecular formula is C26H36ClN3O4S. The number of carbonyl (C=O) groups excluding carboxylic acids is 1. The second kappa shape index (κ2) is 13.0. The Kier molecular flexibility index (Phi) is 10.6. The van der Waals surface area contributed by atoms with Gasteiger partial charge >= 0.3 is 0 Å². The molecule has 0 aliphatic rings. The molecule has 2 aromatic carbocycles. The van der Waals surface area contributed by atoms with Crippen LogP contribution >= 0.6 is 23.7 Å². The van der Waals surface area contributed by atoms with Gasteiger partial charge in [-0.25, -0.2) is 4.98 Å². The van der Waals surface area contributed by atoms with Crippen LogP contribution in [0.25, 0.3) is 10.2 Å². The van der Waals surface area contributed by atoms with Crippen LogP contribution in [0.1, 0.15) is 42.3 Å². The minimum absolute atomic E-state index is 0. The van der Waals surface area contributed by atoms with Gasteiger partial charge in [-0.05, 0) is 78.0 Å². The van der Waals surface area contributed by atoms with Gasteiger partial charge in [0.1, 0.15) is 0 Å². The van der Waals surface area contributed by atoms with E-state index in [4.69, 9.17) is 19.2 Å². The maximum atomic E-state index is 13.9. The zero-order chi connectivity index (χ0) is 24.8. The molecule has 1 aromatic heterocycles. The smallest absolute Gasteiger partial charge is 0.260 e. The molecule has 0 unspecified atom stereocenters. The fourth-order valence-corrected chi connectivity index (χ4v) is 4.63. The quantitative estimate of drug-likeness (QED) is 0.320. The molecule has 7 nitrogen and oxygen atoms in total. The van der Waals surface area contributed by atoms with Gasteiger partial charge in [0.2, 0.25) is 5.75 Å². The number of fused-ring (bicyclic) bond motifs is 1. The predicted octanol–water partition coefficient (Wildman–Crippen LogP) is 5.74. The van der Waals surface area contributed by atoms with Gasteiger partial charge in [-0.3, -0.25) is 9.69 Å². The summed E-state index contributed by atoms with van der Waals surface area (Å²) in [6.45, 7) is 12.4. The van der Waals surface area contributed by atoms with Crippen LogP contribution in [0, 0.1) is 13.8 Å². The van der Waals surface area contributed by atoms with Crippen molar-refractivity contribution in [1.29, 1.82) is 0 Å². The second-order valence-corrected chi connectivity index (χ2v) is 9.22. The highest BCUT2D eigenvalue weighted by Crippen LogP contribution is 2.40. The summed E-state index contributed by atoms with van der Waals surface area (Å²) in [6, 6.07) is 7.65. The number of anilines is 1. The number of halogens is 1. The number of benzene rings is 2. The SMILES string of the molecule is CCOc1cc(C(=O)N(CCN(C)C)c2nc3c(C)c(C)ccc3s2)cc(OCC)c1OCC.Cl. The summed E-state index contributed by atoms with van der Waals surface area (Å²) in [4.78, 5) is 22.6. The Bertz CT molecular complexity index is 1120. The number of rotatable bonds is 11. The number of amides is 1. The first-order valence-electron chi connectivity index (χ1n) is 11.7. The molecule has 3 rings (SSSR count). The molecule has 0 aliphatic heterocycles. The van der Waals surface area contributed by atoms with Crippen LogP contribution in [0.3, 0.4) is 0 Å². The zero-order valence-electron chi connectivity index (χ0n) is 21.6. The van der Waals surface area contributed by atoms with E-state index in [1.165, 1.54) is 16.9 Å². The summed E-state index contributed by atoms with van der Waals surface area (Å²) in [5.74, 6) is 1.37. The second-order valence-electron chi connectivity index (χ2n) is 8.21. The summed E-state index contributed by atoms with van der Waals surface area (Å²) in [5.41, 5.74) is 3.74. The van der Waals surface area contributed by atoms with Crippen LogP contribution in [-0.4, -0.2) is 62.8 Å². The maximum absolute atomic E-state index is 13.9. The lowest BCUT2D eigenvalue weighted by molar-refractivity contribution is 0.0984. The topological polar surface area (TPSA) is 64.1 Å². The Balaban J connectivity index is 0.00000432. The Morgan fingerprint density at radius 3 is 2.09 bits per heavy atom. The largest absolute Gasteiger partial charge is 0.490 e. The molecule has 192 valence electrons. The van der Waals surface area contributed by atoms with Crippen molar-refractivity contribution in [3.05, 3.63) is 41.0 Å². The molecule has 0 atom stereocenters. The third kappa shape index (κ3) is 6.57. The zero-order valence-corrected chi connectivity index (χ0v) is 23.3. The van der Waals surface area contributed by atoms with E-state index >= 15 is 0 Å². The van der Waals surface area contributed by atoms with E-state index in [0.717, 1.165) is 15.8 Å². The number of carbonyl (C=O) groups is 1. The van der Waals surface area contributed by atoms with Crippen LogP contribution < -0.4 is 19.1 Å². The minimum Gasteiger partial charge on any atom is -0.490 e. The molecule has 0 saturated carbocycles. The summed E-state index contributed by atoms with van der Waals surface area (Å²) in [7, 11) is 3.98. The standard InChI is InChI=1S/C26H35N3O4S.ClH/c1-8-31-20-15-19(16-21(32-9-2)24(20)33-10-3)25(30)29(14-13-28(6)7)26-27-23-18(5)17(4)11-12-22(23)34-26;/h11-12,15-16H,8-10,13-14H2,1-7H3;1H. The van der Waals surface area contributed by atoms with Gasteiger partial charge in [-0.2, -0.15) is 0 Å². The van der Waals surface area contributed by atoms with E-state index in [0.29, 0.717) is 60.9 Å². The Labute approximate surface area is 218 Å². The number of aryl methyl sites for hydroxylation is 2. The molecule has 0 aliphatic carbocycles. The summed E-state index contributed by atoms with van der Waals surface area (Å²) in [5, 5.41) is 0.681. The fourth-order valence-electron chi connectivity index (χ4n) is 3.58. The Hall–Kier alpha value is -2.55. The number of hydrogen-bond acceptors (Lipinski definition) is 7. The lowest BCUT2D eigenvalue weighted by Gasteiger charge is -2.23. The number of ether oxygens (including phenoxy) is 3. The van der Waals surface area contributed by atoms with E-state index in [-0.39, 0.29) is 18.3 Å². The lowest BCUT2D eigenvalue weighted by Crippen LogP contribution is -2.36. The van der Waals surface area contributed by atoms with Gasteiger partial charge in [0.15, 0.2) is 16.6 Å². The van der Waals surface area contributed by atoms with E-state index in [1.54, 1.807) is 17.0 Å². The Morgan fingerprint density at radius 1 is 0.943 bits per heavy atom. The van der Waals surface area contributed by atoms with Crippen molar-refractivity contribution in [1.82, 2.24) is 9.88 Å². The molecule has 1 amide bonds. The van der Waals surface area contributed by atoms with E-state index in [9.17, 15) is 4.79 Å². The van der Waals surface area contributed by atoms with Crippen LogP contribution in [0.5, 0.6) is 17.2 Å². The van der Waals surface area contributed by atoms with Crippen molar-refractivity contribution in [2.45, 2.75) is 34.6 Å². The van der Waals surface area contributed by atoms with Crippen molar-refractivity contribution in [3.63, 3.8) is 0 Å². The van der Waals surface area contributed by atoms with Crippen molar-refractivity contribution in [2.75, 3.05) is 51.9 Å². The van der Waals surface area contributed by atoms with Crippen molar-refractivity contribution in [3.8, 4) is 17.2 Å². The molecule has 0 spiro atoms. The van der Waals surface area contributed by atoms with Crippen LogP contribution in [0.4, 0.5) is 5.13 Å². The van der Waals surface area contributed by atoms with Gasteiger partial charge in [0.05, 0.1) is 30.0 Å². The third-order valence-electron chi connectivity index (χ3n) is 5.48. The maximum Gasteiger partial charge on any atom is 0.260 e. The van der Waals surface area contributed by atoms with Gasteiger partial charge in [0.25, 0.3) is 5.91 Å². The highest BCUT2D eigenvalue weighted by molar-refractivity contribution is 7.22. The van der Waals surface area contributed by atoms with Crippen LogP contribution in [0.2, 0.25) is 0 Å². The first-order valence-corrected chi connectivity index (χ1v) is 12.5. The monoisotopic (exact) mass is 521 g/mol. The summed E-state index contributed by atoms with van der Waals surface area (Å²) >= 11 is 1.53. The van der Waals surface area contributed by atoms with Gasteiger partial charge in [0, 0.05) is 18.7 Å². The van der Waals surface area contributed by atoms with Gasteiger partial charge in [-0.15, -0.1) is 12.4 Å². The molecular weight excluding hydrogens is 486 g/mol. The number of likely N-dealkylation sites (N-methyl/N-ethyl adjacent to an activating group) is 1. The predicted molar refractivity (Wildman–Crippen MR) is 147 cm³/mol. The van der Waals surface area contributed by atoms with Gasteiger partial charge in [-0.1, -0.05) is 17.4 Å². The molecule has 0 bridgehead atoms. The normalized spacial score (nSPS) is 10.9. The number of aromatic nitrogens is 1. The van der Waals surface area contributed by atoms with Gasteiger partial charge < -0.3 is 19.1 Å². The highest BCUT2D eigenvalue weighted by atomic mass is 35.5. The average molecular weight is 522 g/mol. The van der Waals surface area contributed by atoms with E-state index in [2.05, 4.69) is 30.9 Å². The molecule has 0 saturated heterocycles. The number of thiazole rings is 1. The Morgan fingerprint density at radius 2 is 1.54 bits per heavy atom. The summed E-state index contributed by atoms with van der Waals surface area (Å²) < 4.78 is 18.5. The fraction of sp³-hybridized carbons (Fsp3) is 0.462. The molecule has 3 aromatic rings. The molecule has 0 N–H and O–H groups in total. The average Bonchev–Trinajstić information content (AvgIpc) is 3.23. The minimum atomic E-state index is -0.153. The summed E-state index contributed by atoms with van der Waals surface area (Å²) in [6.07, 6.45) is 0. The van der Waals surface area contributed by atoms with E-state index in [1.807, 2.05) is 34.9 Å². The molecule has 0 radical (unpaired) electrons. The van der Waals surface area contributed by atoms with Crippen LogP contribution in [-0.2, 0) is 0 Å². The molecule has 0 fully saturated rings. The third-order valence-corrected chi connectivity index (χ3v) is 6.52. The molecule has 9 heteroatoms. The number of nitrogens with zero attached hydrogens (tertiary/aromatic N) is 3. The molecule has 35 heavy (non-hydrogen) atoms.